The highest BCUT2D eigenvalue weighted by molar-refractivity contribution is 7.80. The fourth-order valence-corrected chi connectivity index (χ4v) is 1.33. The van der Waals surface area contributed by atoms with Gasteiger partial charge in [-0.15, -0.1) is 0 Å². The molecular formula is C13H14O2S. The second-order valence-corrected chi connectivity index (χ2v) is 3.68. The lowest BCUT2D eigenvalue weighted by atomic mass is 10.1. The Morgan fingerprint density at radius 1 is 1.50 bits per heavy atom. The number of carbonyl (C=O) groups excluding carboxylic acids is 1. The van der Waals surface area contributed by atoms with Gasteiger partial charge in [0.1, 0.15) is 0 Å². The molecule has 0 amide bonds. The lowest BCUT2D eigenvalue weighted by Crippen LogP contribution is -2.04. The van der Waals surface area contributed by atoms with Crippen molar-refractivity contribution in [3.05, 3.63) is 35.4 Å². The zero-order chi connectivity index (χ0) is 11.8. The van der Waals surface area contributed by atoms with Gasteiger partial charge in [-0.25, -0.2) is 0 Å². The van der Waals surface area contributed by atoms with Gasteiger partial charge in [0.2, 0.25) is 0 Å². The fraction of sp³-hybridized carbons (Fsp3) is 0.308. The Labute approximate surface area is 101 Å². The van der Waals surface area contributed by atoms with Crippen molar-refractivity contribution in [1.29, 1.82) is 0 Å². The molecule has 0 aliphatic heterocycles. The SMILES string of the molecule is COC(=O)Cc1cccc(C#CCCS)c1. The van der Waals surface area contributed by atoms with Gasteiger partial charge in [0.05, 0.1) is 13.5 Å². The van der Waals surface area contributed by atoms with Gasteiger partial charge in [-0.05, 0) is 17.7 Å². The molecular weight excluding hydrogens is 220 g/mol. The van der Waals surface area contributed by atoms with Gasteiger partial charge >= 0.3 is 5.97 Å². The van der Waals surface area contributed by atoms with Crippen LogP contribution in [0.25, 0.3) is 0 Å². The summed E-state index contributed by atoms with van der Waals surface area (Å²) < 4.78 is 4.61. The molecule has 16 heavy (non-hydrogen) atoms. The summed E-state index contributed by atoms with van der Waals surface area (Å²) in [6, 6.07) is 7.61. The van der Waals surface area contributed by atoms with Crippen molar-refractivity contribution in [2.45, 2.75) is 12.8 Å². The van der Waals surface area contributed by atoms with Crippen LogP contribution in [0.3, 0.4) is 0 Å². The molecule has 0 N–H and O–H groups in total. The minimum absolute atomic E-state index is 0.236. The Kier molecular flexibility index (Phi) is 5.52. The molecule has 0 aromatic heterocycles. The molecule has 84 valence electrons. The van der Waals surface area contributed by atoms with Crippen LogP contribution in [0.5, 0.6) is 0 Å². The van der Waals surface area contributed by atoms with Crippen LogP contribution in [0, 0.1) is 11.8 Å². The highest BCUT2D eigenvalue weighted by atomic mass is 32.1. The second-order valence-electron chi connectivity index (χ2n) is 3.23. The summed E-state index contributed by atoms with van der Waals surface area (Å²) >= 11 is 4.08. The molecule has 1 rings (SSSR count). The third-order valence-corrected chi connectivity index (χ3v) is 2.20. The van der Waals surface area contributed by atoms with Gasteiger partial charge in [-0.2, -0.15) is 12.6 Å². The average molecular weight is 234 g/mol. The Bertz CT molecular complexity index is 415. The van der Waals surface area contributed by atoms with E-state index in [1.807, 2.05) is 24.3 Å². The van der Waals surface area contributed by atoms with Crippen LogP contribution in [0.1, 0.15) is 17.5 Å². The number of hydrogen-bond acceptors (Lipinski definition) is 3. The van der Waals surface area contributed by atoms with Crippen molar-refractivity contribution in [3.63, 3.8) is 0 Å². The van der Waals surface area contributed by atoms with Crippen LogP contribution in [0.2, 0.25) is 0 Å². The van der Waals surface area contributed by atoms with Crippen LogP contribution >= 0.6 is 12.6 Å². The van der Waals surface area contributed by atoms with Gasteiger partial charge in [0.25, 0.3) is 0 Å². The van der Waals surface area contributed by atoms with Crippen molar-refractivity contribution in [2.75, 3.05) is 12.9 Å². The van der Waals surface area contributed by atoms with E-state index in [-0.39, 0.29) is 5.97 Å². The first-order valence-electron chi connectivity index (χ1n) is 5.01. The molecule has 0 fully saturated rings. The third-order valence-electron chi connectivity index (χ3n) is 1.97. The molecule has 3 heteroatoms. The number of thiol groups is 1. The number of methoxy groups -OCH3 is 1. The Balaban J connectivity index is 2.72. The second kappa shape index (κ2) is 6.97. The summed E-state index contributed by atoms with van der Waals surface area (Å²) in [5.74, 6) is 6.55. The molecule has 2 nitrogen and oxygen atoms in total. The molecule has 0 saturated heterocycles. The Morgan fingerprint density at radius 3 is 3.00 bits per heavy atom. The molecule has 0 aliphatic rings. The summed E-state index contributed by atoms with van der Waals surface area (Å²) in [6.45, 7) is 0. The quantitative estimate of drug-likeness (QED) is 0.492. The molecule has 1 aromatic rings. The summed E-state index contributed by atoms with van der Waals surface area (Å²) in [6.07, 6.45) is 1.06. The van der Waals surface area contributed by atoms with Crippen LogP contribution in [-0.4, -0.2) is 18.8 Å². The summed E-state index contributed by atoms with van der Waals surface area (Å²) in [4.78, 5) is 11.1. The van der Waals surface area contributed by atoms with Gasteiger partial charge in [0, 0.05) is 17.7 Å². The van der Waals surface area contributed by atoms with Crippen LogP contribution in [0.4, 0.5) is 0 Å². The molecule has 0 saturated carbocycles. The smallest absolute Gasteiger partial charge is 0.309 e. The van der Waals surface area contributed by atoms with Crippen molar-refractivity contribution in [1.82, 2.24) is 0 Å². The van der Waals surface area contributed by atoms with E-state index < -0.39 is 0 Å². The first-order valence-corrected chi connectivity index (χ1v) is 5.65. The molecule has 0 atom stereocenters. The molecule has 0 bridgehead atoms. The molecule has 1 aromatic carbocycles. The third kappa shape index (κ3) is 4.41. The molecule has 0 heterocycles. The van der Waals surface area contributed by atoms with Gasteiger partial charge in [-0.3, -0.25) is 4.79 Å². The Hall–Kier alpha value is -1.40. The maximum absolute atomic E-state index is 11.1. The fourth-order valence-electron chi connectivity index (χ4n) is 1.22. The van der Waals surface area contributed by atoms with E-state index in [1.165, 1.54) is 7.11 Å². The zero-order valence-electron chi connectivity index (χ0n) is 9.19. The van der Waals surface area contributed by atoms with Crippen LogP contribution in [0.15, 0.2) is 24.3 Å². The lowest BCUT2D eigenvalue weighted by Gasteiger charge is -2.00. The van der Waals surface area contributed by atoms with Gasteiger partial charge in [0.15, 0.2) is 0 Å². The number of ether oxygens (including phenoxy) is 1. The average Bonchev–Trinajstić information content (AvgIpc) is 2.30. The zero-order valence-corrected chi connectivity index (χ0v) is 10.1. The first kappa shape index (κ1) is 12.7. The minimum atomic E-state index is -0.236. The molecule has 0 spiro atoms. The summed E-state index contributed by atoms with van der Waals surface area (Å²) in [5.41, 5.74) is 1.84. The van der Waals surface area contributed by atoms with Gasteiger partial charge < -0.3 is 4.74 Å². The predicted octanol–water partition coefficient (Wildman–Crippen LogP) is 2.07. The minimum Gasteiger partial charge on any atom is -0.469 e. The number of hydrogen-bond donors (Lipinski definition) is 1. The summed E-state index contributed by atoms with van der Waals surface area (Å²) in [5, 5.41) is 0. The van der Waals surface area contributed by atoms with E-state index in [9.17, 15) is 4.79 Å². The van der Waals surface area contributed by atoms with E-state index >= 15 is 0 Å². The van der Waals surface area contributed by atoms with E-state index in [0.29, 0.717) is 6.42 Å². The molecule has 0 unspecified atom stereocenters. The van der Waals surface area contributed by atoms with Crippen molar-refractivity contribution >= 4 is 18.6 Å². The first-order chi connectivity index (χ1) is 7.76. The van der Waals surface area contributed by atoms with Crippen LogP contribution in [-0.2, 0) is 16.0 Å². The molecule has 0 aliphatic carbocycles. The maximum atomic E-state index is 11.1. The van der Waals surface area contributed by atoms with Gasteiger partial charge in [-0.1, -0.05) is 24.0 Å². The normalized spacial score (nSPS) is 9.12. The largest absolute Gasteiger partial charge is 0.469 e. The number of esters is 1. The van der Waals surface area contributed by atoms with Crippen molar-refractivity contribution in [2.24, 2.45) is 0 Å². The number of carbonyl (C=O) groups is 1. The lowest BCUT2D eigenvalue weighted by molar-refractivity contribution is -0.139. The highest BCUT2D eigenvalue weighted by Gasteiger charge is 2.02. The maximum Gasteiger partial charge on any atom is 0.309 e. The summed E-state index contributed by atoms with van der Waals surface area (Å²) in [7, 11) is 1.39. The van der Waals surface area contributed by atoms with Crippen molar-refractivity contribution in [3.8, 4) is 11.8 Å². The number of benzene rings is 1. The Morgan fingerprint density at radius 2 is 2.31 bits per heavy atom. The predicted molar refractivity (Wildman–Crippen MR) is 67.5 cm³/mol. The van der Waals surface area contributed by atoms with E-state index in [1.54, 1.807) is 0 Å². The van der Waals surface area contributed by atoms with Crippen molar-refractivity contribution < 1.29 is 9.53 Å². The topological polar surface area (TPSA) is 26.3 Å². The molecule has 0 radical (unpaired) electrons. The standard InChI is InChI=1S/C13H14O2S/c1-15-13(14)10-12-7-4-6-11(9-12)5-2-3-8-16/h4,6-7,9,16H,3,8,10H2,1H3. The number of rotatable bonds is 3. The van der Waals surface area contributed by atoms with E-state index in [0.717, 1.165) is 23.3 Å². The highest BCUT2D eigenvalue weighted by Crippen LogP contribution is 2.05. The monoisotopic (exact) mass is 234 g/mol. The van der Waals surface area contributed by atoms with E-state index in [2.05, 4.69) is 29.2 Å². The van der Waals surface area contributed by atoms with E-state index in [4.69, 9.17) is 0 Å². The van der Waals surface area contributed by atoms with Crippen LogP contribution < -0.4 is 0 Å².